The summed E-state index contributed by atoms with van der Waals surface area (Å²) in [6.07, 6.45) is 1.73. The zero-order valence-electron chi connectivity index (χ0n) is 22.1. The Bertz CT molecular complexity index is 1240. The lowest BCUT2D eigenvalue weighted by Crippen LogP contribution is -2.43. The van der Waals surface area contributed by atoms with E-state index in [2.05, 4.69) is 26.1 Å². The van der Waals surface area contributed by atoms with Crippen LogP contribution < -0.4 is 16.0 Å². The summed E-state index contributed by atoms with van der Waals surface area (Å²) in [5.41, 5.74) is 7.29. The fourth-order valence-corrected chi connectivity index (χ4v) is 5.96. The van der Waals surface area contributed by atoms with Gasteiger partial charge in [-0.05, 0) is 54.7 Å². The molecule has 0 radical (unpaired) electrons. The van der Waals surface area contributed by atoms with Crippen LogP contribution in [-0.2, 0) is 22.6 Å². The van der Waals surface area contributed by atoms with E-state index < -0.39 is 34.9 Å². The summed E-state index contributed by atoms with van der Waals surface area (Å²) in [4.78, 5) is 40.6. The summed E-state index contributed by atoms with van der Waals surface area (Å²) >= 11 is 0. The summed E-state index contributed by atoms with van der Waals surface area (Å²) in [6, 6.07) is 1.89. The number of carbonyl (C=O) groups is 3. The number of hydrogen-bond acceptors (Lipinski definition) is 8. The molecule has 3 unspecified atom stereocenters. The van der Waals surface area contributed by atoms with Crippen LogP contribution in [0.15, 0.2) is 28.7 Å². The number of fused-ring (bicyclic) bond motifs is 3. The molecule has 3 aliphatic carbocycles. The van der Waals surface area contributed by atoms with Gasteiger partial charge < -0.3 is 31.3 Å². The first kappa shape index (κ1) is 26.7. The van der Waals surface area contributed by atoms with Crippen molar-refractivity contribution >= 4 is 23.2 Å². The third-order valence-electron chi connectivity index (χ3n) is 7.79. The molecule has 200 valence electrons. The standard InChI is InChI=1S/C28H37N3O6/c1-28(2,3)6-7-30-12-15-10-17(31(4)5)16-9-13-8-14-11-18(32)22(27(29)37)26(36)20(14)24(34)19(13)25(35)21(16)23(15)33/h10,13-14,20,30,32-34H,6-9,11-12H2,1-5H3,(H2,29,37). The molecule has 37 heavy (non-hydrogen) atoms. The minimum Gasteiger partial charge on any atom is -0.511 e. The van der Waals surface area contributed by atoms with Gasteiger partial charge in [0, 0.05) is 43.9 Å². The molecule has 0 spiro atoms. The average Bonchev–Trinajstić information content (AvgIpc) is 2.76. The Morgan fingerprint density at radius 1 is 1.16 bits per heavy atom. The molecule has 9 nitrogen and oxygen atoms in total. The summed E-state index contributed by atoms with van der Waals surface area (Å²) < 4.78 is 0. The number of phenols is 1. The third kappa shape index (κ3) is 4.72. The maximum absolute atomic E-state index is 13.9. The van der Waals surface area contributed by atoms with Crippen LogP contribution in [-0.4, -0.2) is 53.4 Å². The molecule has 4 rings (SSSR count). The van der Waals surface area contributed by atoms with E-state index in [1.54, 1.807) is 0 Å². The van der Waals surface area contributed by atoms with Crippen molar-refractivity contribution in [1.29, 1.82) is 0 Å². The Labute approximate surface area is 217 Å². The number of benzene rings is 1. The Balaban J connectivity index is 1.75. The first-order valence-electron chi connectivity index (χ1n) is 12.7. The zero-order chi connectivity index (χ0) is 27.4. The average molecular weight is 512 g/mol. The normalized spacial score (nSPS) is 23.5. The van der Waals surface area contributed by atoms with E-state index in [9.17, 15) is 29.7 Å². The van der Waals surface area contributed by atoms with Gasteiger partial charge in [-0.3, -0.25) is 14.4 Å². The second-order valence-electron chi connectivity index (χ2n) is 11.9. The second-order valence-corrected chi connectivity index (χ2v) is 11.9. The van der Waals surface area contributed by atoms with Crippen molar-refractivity contribution in [2.45, 2.75) is 53.0 Å². The van der Waals surface area contributed by atoms with E-state index in [-0.39, 0.29) is 46.2 Å². The van der Waals surface area contributed by atoms with Crippen molar-refractivity contribution in [3.05, 3.63) is 45.4 Å². The molecule has 0 aliphatic heterocycles. The smallest absolute Gasteiger partial charge is 0.255 e. The van der Waals surface area contributed by atoms with Crippen LogP contribution >= 0.6 is 0 Å². The van der Waals surface area contributed by atoms with Gasteiger partial charge in [0.15, 0.2) is 11.6 Å². The first-order chi connectivity index (χ1) is 17.2. The van der Waals surface area contributed by atoms with E-state index in [0.717, 1.165) is 18.7 Å². The van der Waals surface area contributed by atoms with Crippen LogP contribution in [0.3, 0.4) is 0 Å². The van der Waals surface area contributed by atoms with Crippen molar-refractivity contribution in [3.63, 3.8) is 0 Å². The molecule has 0 heterocycles. The highest BCUT2D eigenvalue weighted by molar-refractivity contribution is 6.22. The Morgan fingerprint density at radius 3 is 2.43 bits per heavy atom. The summed E-state index contributed by atoms with van der Waals surface area (Å²) in [6.45, 7) is 7.57. The number of ketones is 2. The number of anilines is 1. The topological polar surface area (TPSA) is 153 Å². The highest BCUT2D eigenvalue weighted by atomic mass is 16.3. The third-order valence-corrected chi connectivity index (χ3v) is 7.79. The molecule has 1 aromatic carbocycles. The van der Waals surface area contributed by atoms with E-state index >= 15 is 0 Å². The highest BCUT2D eigenvalue weighted by Crippen LogP contribution is 2.51. The van der Waals surface area contributed by atoms with Crippen molar-refractivity contribution in [2.24, 2.45) is 28.9 Å². The lowest BCUT2D eigenvalue weighted by atomic mass is 9.62. The quantitative estimate of drug-likeness (QED) is 0.289. The van der Waals surface area contributed by atoms with E-state index in [4.69, 9.17) is 5.73 Å². The fourth-order valence-electron chi connectivity index (χ4n) is 5.96. The maximum Gasteiger partial charge on any atom is 0.255 e. The van der Waals surface area contributed by atoms with Crippen LogP contribution in [0.2, 0.25) is 0 Å². The van der Waals surface area contributed by atoms with Crippen molar-refractivity contribution in [1.82, 2.24) is 5.32 Å². The predicted molar refractivity (Wildman–Crippen MR) is 139 cm³/mol. The molecule has 0 bridgehead atoms. The molecule has 1 aromatic rings. The maximum atomic E-state index is 13.9. The minimum atomic E-state index is -1.12. The van der Waals surface area contributed by atoms with Gasteiger partial charge in [0.05, 0.1) is 11.5 Å². The summed E-state index contributed by atoms with van der Waals surface area (Å²) in [5, 5.41) is 36.1. The number of carbonyl (C=O) groups excluding carboxylic acids is 3. The number of aliphatic hydroxyl groups is 2. The van der Waals surface area contributed by atoms with Crippen LogP contribution in [0.25, 0.3) is 0 Å². The van der Waals surface area contributed by atoms with Gasteiger partial charge in [-0.15, -0.1) is 0 Å². The predicted octanol–water partition coefficient (Wildman–Crippen LogP) is 3.06. The van der Waals surface area contributed by atoms with Gasteiger partial charge in [0.2, 0.25) is 0 Å². The number of nitrogens with zero attached hydrogens (tertiary/aromatic N) is 1. The molecule has 0 saturated heterocycles. The fraction of sp³-hybridized carbons (Fsp3) is 0.536. The number of phenolic OH excluding ortho intramolecular Hbond substituents is 1. The number of hydrogen-bond donors (Lipinski definition) is 5. The lowest BCUT2D eigenvalue weighted by molar-refractivity contribution is -0.126. The van der Waals surface area contributed by atoms with Gasteiger partial charge in [0.25, 0.3) is 5.91 Å². The van der Waals surface area contributed by atoms with Crippen LogP contribution in [0.1, 0.15) is 61.5 Å². The minimum absolute atomic E-state index is 0.0223. The van der Waals surface area contributed by atoms with Crippen LogP contribution in [0.5, 0.6) is 5.75 Å². The molecule has 6 N–H and O–H groups in total. The molecule has 9 heteroatoms. The molecule has 0 saturated carbocycles. The number of Topliss-reactive ketones (excluding diaryl/α,β-unsaturated/α-hetero) is 2. The van der Waals surface area contributed by atoms with Gasteiger partial charge in [-0.2, -0.15) is 0 Å². The van der Waals surface area contributed by atoms with Gasteiger partial charge in [-0.1, -0.05) is 20.8 Å². The molecule has 1 amide bonds. The second kappa shape index (κ2) is 9.52. The number of nitrogens with one attached hydrogen (secondary N) is 1. The van der Waals surface area contributed by atoms with Crippen molar-refractivity contribution < 1.29 is 29.7 Å². The van der Waals surface area contributed by atoms with E-state index in [1.165, 1.54) is 0 Å². The number of amides is 1. The van der Waals surface area contributed by atoms with Crippen molar-refractivity contribution in [2.75, 3.05) is 25.5 Å². The molecular formula is C28H37N3O6. The number of aliphatic hydroxyl groups excluding tert-OH is 2. The summed E-state index contributed by atoms with van der Waals surface area (Å²) in [7, 11) is 3.75. The Kier molecular flexibility index (Phi) is 6.88. The molecular weight excluding hydrogens is 474 g/mol. The zero-order valence-corrected chi connectivity index (χ0v) is 22.1. The van der Waals surface area contributed by atoms with Crippen molar-refractivity contribution in [3.8, 4) is 5.75 Å². The highest BCUT2D eigenvalue weighted by Gasteiger charge is 2.50. The molecule has 0 aromatic heterocycles. The van der Waals surface area contributed by atoms with E-state index in [1.807, 2.05) is 25.1 Å². The van der Waals surface area contributed by atoms with Gasteiger partial charge >= 0.3 is 0 Å². The van der Waals surface area contributed by atoms with Crippen LogP contribution in [0, 0.1) is 23.2 Å². The molecule has 3 aliphatic rings. The Hall–Kier alpha value is -3.33. The van der Waals surface area contributed by atoms with Gasteiger partial charge in [-0.25, -0.2) is 0 Å². The Morgan fingerprint density at radius 2 is 1.84 bits per heavy atom. The first-order valence-corrected chi connectivity index (χ1v) is 12.7. The number of rotatable bonds is 6. The largest absolute Gasteiger partial charge is 0.511 e. The lowest BCUT2D eigenvalue weighted by Gasteiger charge is -2.41. The SMILES string of the molecule is CN(C)c1cc(CNCCC(C)(C)C)c(O)c2c1CC1CC3CC(O)=C(C(N)=O)C(=O)C3C(O)=C1C2=O. The van der Waals surface area contributed by atoms with Gasteiger partial charge in [0.1, 0.15) is 22.8 Å². The monoisotopic (exact) mass is 511 g/mol. The van der Waals surface area contributed by atoms with E-state index in [0.29, 0.717) is 30.5 Å². The number of primary amides is 1. The molecule has 3 atom stereocenters. The number of aromatic hydroxyl groups is 1. The van der Waals surface area contributed by atoms with Crippen LogP contribution in [0.4, 0.5) is 5.69 Å². The molecule has 0 fully saturated rings. The number of nitrogens with two attached hydrogens (primary N) is 1. The number of allylic oxidation sites excluding steroid dienone is 3. The summed E-state index contributed by atoms with van der Waals surface area (Å²) in [5.74, 6) is -5.16.